The Morgan fingerprint density at radius 2 is 1.64 bits per heavy atom. The SMILES string of the molecule is COc1cc(N2CCC(C3OCCO3)CC2)c(F)cc1[C@@H]1N(c2cccc(F)c2OCc2ccccc2)C(=O)C12CCCC2. The fourth-order valence-corrected chi connectivity index (χ4v) is 7.65. The van der Waals surface area contributed by atoms with Gasteiger partial charge in [0.1, 0.15) is 18.2 Å². The molecule has 1 aliphatic carbocycles. The molecule has 3 saturated heterocycles. The first-order valence-corrected chi connectivity index (χ1v) is 15.6. The number of methoxy groups -OCH3 is 1. The van der Waals surface area contributed by atoms with E-state index in [0.717, 1.165) is 31.2 Å². The van der Waals surface area contributed by atoms with Crippen LogP contribution in [0.15, 0.2) is 60.7 Å². The standard InChI is InChI=1S/C35H38F2N2O5/c1-41-30-21-29(38-16-12-24(13-17-38)33-42-18-19-43-33)27(37)20-25(30)32-35(14-5-6-15-35)34(40)39(32)28-11-7-10-26(36)31(28)44-22-23-8-3-2-4-9-23/h2-4,7-11,20-21,24,32-33H,5-6,12-19,22H2,1H3/t32-/m0/s1. The number of β-lactam (4-membered cyclic amide) rings is 1. The van der Waals surface area contributed by atoms with Gasteiger partial charge in [-0.1, -0.05) is 49.2 Å². The average Bonchev–Trinajstić information content (AvgIpc) is 3.78. The molecule has 3 heterocycles. The van der Waals surface area contributed by atoms with Gasteiger partial charge in [-0.25, -0.2) is 8.78 Å². The number of benzene rings is 3. The van der Waals surface area contributed by atoms with Crippen LogP contribution in [0.2, 0.25) is 0 Å². The first-order chi connectivity index (χ1) is 21.5. The molecule has 3 aromatic rings. The van der Waals surface area contributed by atoms with Crippen LogP contribution in [0.25, 0.3) is 0 Å². The zero-order valence-electron chi connectivity index (χ0n) is 25.0. The van der Waals surface area contributed by atoms with E-state index in [1.165, 1.54) is 12.1 Å². The van der Waals surface area contributed by atoms with Gasteiger partial charge in [0.15, 0.2) is 17.9 Å². The number of rotatable bonds is 8. The fraction of sp³-hybridized carbons (Fsp3) is 0.457. The molecule has 0 bridgehead atoms. The minimum Gasteiger partial charge on any atom is -0.496 e. The van der Waals surface area contributed by atoms with E-state index in [2.05, 4.69) is 0 Å². The van der Waals surface area contributed by atoms with E-state index in [4.69, 9.17) is 18.9 Å². The summed E-state index contributed by atoms with van der Waals surface area (Å²) < 4.78 is 54.7. The van der Waals surface area contributed by atoms with E-state index in [1.807, 2.05) is 35.2 Å². The minimum atomic E-state index is -0.691. The monoisotopic (exact) mass is 604 g/mol. The van der Waals surface area contributed by atoms with E-state index >= 15 is 8.78 Å². The number of piperidine rings is 1. The van der Waals surface area contributed by atoms with Gasteiger partial charge in [-0.05, 0) is 49.4 Å². The maximum atomic E-state index is 16.1. The quantitative estimate of drug-likeness (QED) is 0.264. The molecule has 0 N–H and O–H groups in total. The summed E-state index contributed by atoms with van der Waals surface area (Å²) in [5.74, 6) is -0.179. The van der Waals surface area contributed by atoms with Gasteiger partial charge in [0.05, 0.1) is 43.2 Å². The molecule has 4 aliphatic rings. The Balaban J connectivity index is 1.21. The second-order valence-electron chi connectivity index (χ2n) is 12.3. The number of ether oxygens (including phenoxy) is 4. The molecule has 0 unspecified atom stereocenters. The van der Waals surface area contributed by atoms with Crippen molar-refractivity contribution in [2.75, 3.05) is 43.2 Å². The third-order valence-corrected chi connectivity index (χ3v) is 9.86. The number of hydrogen-bond acceptors (Lipinski definition) is 6. The first kappa shape index (κ1) is 29.0. The lowest BCUT2D eigenvalue weighted by Crippen LogP contribution is -2.62. The normalized spacial score (nSPS) is 22.1. The van der Waals surface area contributed by atoms with E-state index in [1.54, 1.807) is 30.2 Å². The van der Waals surface area contributed by atoms with Gasteiger partial charge >= 0.3 is 0 Å². The number of hydrogen-bond donors (Lipinski definition) is 0. The molecule has 9 heteroatoms. The third kappa shape index (κ3) is 5.00. The maximum Gasteiger partial charge on any atom is 0.236 e. The van der Waals surface area contributed by atoms with Crippen molar-refractivity contribution in [3.8, 4) is 11.5 Å². The van der Waals surface area contributed by atoms with Gasteiger partial charge in [0, 0.05) is 30.6 Å². The Morgan fingerprint density at radius 1 is 0.909 bits per heavy atom. The van der Waals surface area contributed by atoms with Gasteiger partial charge in [-0.3, -0.25) is 9.69 Å². The molecule has 44 heavy (non-hydrogen) atoms. The summed E-state index contributed by atoms with van der Waals surface area (Å²) >= 11 is 0. The molecule has 3 aliphatic heterocycles. The smallest absolute Gasteiger partial charge is 0.236 e. The number of amides is 1. The summed E-state index contributed by atoms with van der Waals surface area (Å²) in [5.41, 5.74) is 1.61. The number of nitrogens with zero attached hydrogens (tertiary/aromatic N) is 2. The molecule has 3 aromatic carbocycles. The first-order valence-electron chi connectivity index (χ1n) is 15.6. The highest BCUT2D eigenvalue weighted by molar-refractivity contribution is 6.07. The van der Waals surface area contributed by atoms with Gasteiger partial charge in [0.25, 0.3) is 0 Å². The Morgan fingerprint density at radius 3 is 2.34 bits per heavy atom. The summed E-state index contributed by atoms with van der Waals surface area (Å²) in [6.07, 6.45) is 4.70. The van der Waals surface area contributed by atoms with Crippen molar-refractivity contribution in [2.24, 2.45) is 11.3 Å². The molecule has 7 nitrogen and oxygen atoms in total. The van der Waals surface area contributed by atoms with Crippen LogP contribution in [-0.4, -0.2) is 45.6 Å². The summed E-state index contributed by atoms with van der Waals surface area (Å²) in [6.45, 7) is 2.75. The molecular weight excluding hydrogens is 566 g/mol. The summed E-state index contributed by atoms with van der Waals surface area (Å²) in [4.78, 5) is 17.7. The van der Waals surface area contributed by atoms with Crippen molar-refractivity contribution < 1.29 is 32.5 Å². The number of halogens is 2. The molecule has 1 atom stereocenters. The fourth-order valence-electron chi connectivity index (χ4n) is 7.65. The van der Waals surface area contributed by atoms with E-state index in [9.17, 15) is 4.79 Å². The van der Waals surface area contributed by atoms with E-state index in [0.29, 0.717) is 67.8 Å². The predicted octanol–water partition coefficient (Wildman–Crippen LogP) is 6.79. The molecule has 7 rings (SSSR count). The van der Waals surface area contributed by atoms with Crippen molar-refractivity contribution in [1.29, 1.82) is 0 Å². The van der Waals surface area contributed by atoms with Crippen LogP contribution in [0.5, 0.6) is 11.5 Å². The van der Waals surface area contributed by atoms with Crippen molar-refractivity contribution in [3.63, 3.8) is 0 Å². The van der Waals surface area contributed by atoms with Crippen LogP contribution in [0, 0.1) is 23.0 Å². The van der Waals surface area contributed by atoms with Gasteiger partial charge in [-0.2, -0.15) is 0 Å². The number of para-hydroxylation sites is 1. The Bertz CT molecular complexity index is 1500. The highest BCUT2D eigenvalue weighted by Gasteiger charge is 2.63. The molecular formula is C35H38F2N2O5. The van der Waals surface area contributed by atoms with Gasteiger partial charge in [-0.15, -0.1) is 0 Å². The molecule has 232 valence electrons. The molecule has 1 amide bonds. The Hall–Kier alpha value is -3.69. The second-order valence-corrected chi connectivity index (χ2v) is 12.3. The largest absolute Gasteiger partial charge is 0.496 e. The van der Waals surface area contributed by atoms with Gasteiger partial charge in [0.2, 0.25) is 5.91 Å². The van der Waals surface area contributed by atoms with Crippen molar-refractivity contribution in [3.05, 3.63) is 83.4 Å². The van der Waals surface area contributed by atoms with Crippen LogP contribution in [-0.2, 0) is 20.9 Å². The van der Waals surface area contributed by atoms with Crippen LogP contribution >= 0.6 is 0 Å². The zero-order chi connectivity index (χ0) is 30.3. The lowest BCUT2D eigenvalue weighted by atomic mass is 9.66. The summed E-state index contributed by atoms with van der Waals surface area (Å²) in [6, 6.07) is 16.9. The Labute approximate surface area is 256 Å². The van der Waals surface area contributed by atoms with E-state index < -0.39 is 17.3 Å². The van der Waals surface area contributed by atoms with Crippen molar-refractivity contribution >= 4 is 17.3 Å². The molecule has 1 spiro atoms. The van der Waals surface area contributed by atoms with Crippen molar-refractivity contribution in [2.45, 2.75) is 57.5 Å². The minimum absolute atomic E-state index is 0.0108. The van der Waals surface area contributed by atoms with Crippen LogP contribution in [0.1, 0.15) is 55.7 Å². The van der Waals surface area contributed by atoms with Crippen LogP contribution in [0.4, 0.5) is 20.2 Å². The molecule has 0 aromatic heterocycles. The predicted molar refractivity (Wildman–Crippen MR) is 162 cm³/mol. The van der Waals surface area contributed by atoms with Crippen LogP contribution in [0.3, 0.4) is 0 Å². The lowest BCUT2D eigenvalue weighted by Gasteiger charge is -2.55. The third-order valence-electron chi connectivity index (χ3n) is 9.86. The Kier molecular flexibility index (Phi) is 7.93. The van der Waals surface area contributed by atoms with Crippen LogP contribution < -0.4 is 19.3 Å². The topological polar surface area (TPSA) is 60.5 Å². The highest BCUT2D eigenvalue weighted by Crippen LogP contribution is 2.63. The zero-order valence-corrected chi connectivity index (χ0v) is 25.0. The number of carbonyl (C=O) groups is 1. The summed E-state index contributed by atoms with van der Waals surface area (Å²) in [7, 11) is 1.57. The second kappa shape index (κ2) is 12.0. The molecule has 0 radical (unpaired) electrons. The van der Waals surface area contributed by atoms with Crippen molar-refractivity contribution in [1.82, 2.24) is 0 Å². The highest BCUT2D eigenvalue weighted by atomic mass is 19.1. The van der Waals surface area contributed by atoms with Gasteiger partial charge < -0.3 is 23.8 Å². The number of anilines is 2. The average molecular weight is 605 g/mol. The number of carbonyl (C=O) groups excluding carboxylic acids is 1. The molecule has 1 saturated carbocycles. The molecule has 4 fully saturated rings. The van der Waals surface area contributed by atoms with E-state index in [-0.39, 0.29) is 30.4 Å². The summed E-state index contributed by atoms with van der Waals surface area (Å²) in [5, 5.41) is 0. The maximum absolute atomic E-state index is 16.1. The lowest BCUT2D eigenvalue weighted by molar-refractivity contribution is -0.139.